The van der Waals surface area contributed by atoms with Crippen molar-refractivity contribution in [3.05, 3.63) is 41.0 Å². The first-order valence-corrected chi connectivity index (χ1v) is 15.7. The Balaban J connectivity index is 0.00000107. The summed E-state index contributed by atoms with van der Waals surface area (Å²) in [4.78, 5) is 13.7. The first-order valence-electron chi connectivity index (χ1n) is 10.9. The molecule has 0 radical (unpaired) electrons. The smallest absolute Gasteiger partial charge is 0.0149 e. The predicted octanol–water partition coefficient (Wildman–Crippen LogP) is -1.41. The molecule has 4 saturated carbocycles. The van der Waals surface area contributed by atoms with Crippen LogP contribution in [0.2, 0.25) is 10.5 Å². The van der Waals surface area contributed by atoms with Crippen molar-refractivity contribution in [1.29, 1.82) is 0 Å². The van der Waals surface area contributed by atoms with Gasteiger partial charge in [0.15, 0.2) is 0 Å². The number of carbonyl (C=O) groups is 1. The van der Waals surface area contributed by atoms with Crippen molar-refractivity contribution >= 4 is 22.4 Å². The number of hydrogen-bond acceptors (Lipinski definition) is 1. The third-order valence-corrected chi connectivity index (χ3v) is 13.2. The van der Waals surface area contributed by atoms with E-state index in [9.17, 15) is 4.79 Å². The zero-order valence-corrected chi connectivity index (χ0v) is 21.1. The Morgan fingerprint density at radius 2 is 1.47 bits per heavy atom. The molecule has 2 nitrogen and oxygen atoms in total. The van der Waals surface area contributed by atoms with Crippen LogP contribution in [0.5, 0.6) is 0 Å². The van der Waals surface area contributed by atoms with Gasteiger partial charge in [-0.3, -0.25) is 0 Å². The molecule has 5 aliphatic rings. The van der Waals surface area contributed by atoms with E-state index in [-0.39, 0.29) is 41.2 Å². The van der Waals surface area contributed by atoms with Crippen LogP contribution in [0.25, 0.3) is 5.57 Å². The molecular weight excluding hydrogens is 465 g/mol. The molecule has 4 fully saturated rings. The van der Waals surface area contributed by atoms with Gasteiger partial charge in [-0.1, -0.05) is 0 Å². The Morgan fingerprint density at radius 1 is 0.967 bits per heavy atom. The van der Waals surface area contributed by atoms with Gasteiger partial charge in [0.25, 0.3) is 0 Å². The predicted molar refractivity (Wildman–Crippen MR) is 119 cm³/mol. The SMILES string of the molecule is CC1=C(C)[CH]([Ti+2]([CH3])([CH3])[NH]C(=O)C23CC4CC(CC(C4)C2)C3)c2ccccc21.[Cl-].[Cl-].[SiH4]. The number of nitrogens with one attached hydrogen (secondary N) is 1. The molecule has 0 aromatic heterocycles. The molecule has 1 aromatic carbocycles. The molecule has 1 amide bonds. The molecule has 6 rings (SSSR count). The molecule has 0 saturated heterocycles. The number of amides is 1. The van der Waals surface area contributed by atoms with Gasteiger partial charge in [-0.15, -0.1) is 0 Å². The van der Waals surface area contributed by atoms with Crippen LogP contribution in [0.15, 0.2) is 29.8 Å². The molecule has 0 aliphatic heterocycles. The van der Waals surface area contributed by atoms with Crippen LogP contribution in [0.4, 0.5) is 0 Å². The van der Waals surface area contributed by atoms with Gasteiger partial charge in [-0.05, 0) is 11.0 Å². The van der Waals surface area contributed by atoms with Crippen molar-refractivity contribution in [2.45, 2.75) is 67.1 Å². The summed E-state index contributed by atoms with van der Waals surface area (Å²) in [5.74, 6) is 2.91. The van der Waals surface area contributed by atoms with E-state index in [0.717, 1.165) is 17.8 Å². The number of fused-ring (bicyclic) bond motifs is 1. The van der Waals surface area contributed by atoms with Crippen molar-refractivity contribution in [2.24, 2.45) is 23.2 Å². The summed E-state index contributed by atoms with van der Waals surface area (Å²) < 4.78 is 4.22. The molecule has 166 valence electrons. The van der Waals surface area contributed by atoms with Gasteiger partial charge in [0.2, 0.25) is 0 Å². The topological polar surface area (TPSA) is 29.1 Å². The minimum Gasteiger partial charge on any atom is -1.00 e. The number of allylic oxidation sites excluding steroid dienone is 2. The van der Waals surface area contributed by atoms with E-state index < -0.39 is 16.8 Å². The maximum Gasteiger partial charge on any atom is -0.0149 e. The zero-order chi connectivity index (χ0) is 19.0. The summed E-state index contributed by atoms with van der Waals surface area (Å²) in [5, 5.41) is 4.84. The van der Waals surface area contributed by atoms with Gasteiger partial charge in [0.1, 0.15) is 0 Å². The van der Waals surface area contributed by atoms with E-state index in [2.05, 4.69) is 52.4 Å². The van der Waals surface area contributed by atoms with E-state index in [1.54, 1.807) is 0 Å². The average Bonchev–Trinajstić information content (AvgIpc) is 2.85. The Hall–Kier alpha value is -0.0588. The summed E-state index contributed by atoms with van der Waals surface area (Å²) >= 11 is -2.61. The molecule has 0 spiro atoms. The Morgan fingerprint density at radius 3 is 2.00 bits per heavy atom. The fourth-order valence-corrected chi connectivity index (χ4v) is 12.8. The van der Waals surface area contributed by atoms with Crippen LogP contribution in [-0.4, -0.2) is 16.9 Å². The maximum atomic E-state index is 13.7. The minimum absolute atomic E-state index is 0. The van der Waals surface area contributed by atoms with Crippen molar-refractivity contribution in [1.82, 2.24) is 3.80 Å². The standard InChI is InChI=1S/C11H17NO.C11H11.2CH3.2ClH.H4Si.Ti/c12-10(13)11-4-7-1-8(5-11)3-9(2-7)6-11;1-8-7-10-5-3-4-6-11(10)9(8)2;;;;;;/h7-9H,1-6H2,(H2,12,13);3-7H,1-2H3;2*1H3;2*1H;1H4;/q;;;;;;;+3/p-3. The first-order chi connectivity index (χ1) is 12.8. The van der Waals surface area contributed by atoms with Crippen LogP contribution < -0.4 is 28.6 Å². The van der Waals surface area contributed by atoms with Crippen molar-refractivity contribution in [3.63, 3.8) is 0 Å². The molecule has 1 unspecified atom stereocenters. The maximum absolute atomic E-state index is 13.7. The summed E-state index contributed by atoms with van der Waals surface area (Å²) in [6, 6.07) is 8.86. The molecule has 5 aliphatic carbocycles. The fourth-order valence-electron chi connectivity index (χ4n) is 7.57. The molecule has 1 atom stereocenters. The molecule has 30 heavy (non-hydrogen) atoms. The number of halogens is 2. The fraction of sp³-hybridized carbons (Fsp3) is 0.625. The van der Waals surface area contributed by atoms with Gasteiger partial charge < -0.3 is 24.8 Å². The number of rotatable bonds is 3. The Bertz CT molecular complexity index is 818. The molecule has 1 N–H and O–H groups in total. The number of carbonyl (C=O) groups excluding carboxylic acids is 1. The van der Waals surface area contributed by atoms with Crippen LogP contribution in [0, 0.1) is 23.2 Å². The van der Waals surface area contributed by atoms with Gasteiger partial charge in [0, 0.05) is 0 Å². The summed E-state index contributed by atoms with van der Waals surface area (Å²) in [7, 11) is 0. The number of hydrogen-bond donors (Lipinski definition) is 1. The molecule has 0 heterocycles. The summed E-state index contributed by atoms with van der Waals surface area (Å²) in [5.41, 5.74) is 5.76. The second kappa shape index (κ2) is 9.06. The Kier molecular flexibility index (Phi) is 7.91. The van der Waals surface area contributed by atoms with Gasteiger partial charge in [0.05, 0.1) is 0 Å². The van der Waals surface area contributed by atoms with E-state index in [1.807, 2.05) is 0 Å². The summed E-state index contributed by atoms with van der Waals surface area (Å²) in [6.07, 6.45) is 7.69. The molecule has 4 bridgehead atoms. The normalized spacial score (nSPS) is 32.7. The van der Waals surface area contributed by atoms with Crippen LogP contribution in [0.1, 0.15) is 67.7 Å². The van der Waals surface area contributed by atoms with Crippen LogP contribution in [0.3, 0.4) is 0 Å². The zero-order valence-electron chi connectivity index (χ0n) is 18.0. The minimum atomic E-state index is -2.61. The van der Waals surface area contributed by atoms with Crippen molar-refractivity contribution < 1.29 is 46.5 Å². The van der Waals surface area contributed by atoms with Crippen molar-refractivity contribution in [2.75, 3.05) is 0 Å². The molecular formula is C24H37Cl2NOSiTi. The second-order valence-electron chi connectivity index (χ2n) is 10.7. The van der Waals surface area contributed by atoms with E-state index in [1.165, 1.54) is 60.8 Å². The van der Waals surface area contributed by atoms with Crippen LogP contribution in [-0.2, 0) is 21.6 Å². The Labute approximate surface area is 202 Å². The first kappa shape index (κ1) is 26.2. The van der Waals surface area contributed by atoms with Crippen molar-refractivity contribution in [3.8, 4) is 0 Å². The molecule has 1 aromatic rings. The van der Waals surface area contributed by atoms with E-state index in [4.69, 9.17) is 0 Å². The van der Waals surface area contributed by atoms with Gasteiger partial charge in [-0.2, -0.15) is 0 Å². The number of benzene rings is 1. The third-order valence-electron chi connectivity index (χ3n) is 8.38. The van der Waals surface area contributed by atoms with Gasteiger partial charge in [-0.25, -0.2) is 0 Å². The second-order valence-corrected chi connectivity index (χ2v) is 17.4. The quantitative estimate of drug-likeness (QED) is 0.506. The monoisotopic (exact) mass is 501 g/mol. The summed E-state index contributed by atoms with van der Waals surface area (Å²) in [6.45, 7) is 4.55. The van der Waals surface area contributed by atoms with E-state index in [0.29, 0.717) is 10.1 Å². The van der Waals surface area contributed by atoms with Crippen LogP contribution >= 0.6 is 0 Å². The third kappa shape index (κ3) is 4.03. The largest absolute Gasteiger partial charge is 1.00 e. The average molecular weight is 502 g/mol. The van der Waals surface area contributed by atoms with E-state index >= 15 is 0 Å². The van der Waals surface area contributed by atoms with Gasteiger partial charge >= 0.3 is 168 Å². The molecule has 6 heteroatoms.